The van der Waals surface area contributed by atoms with Crippen LogP contribution in [0, 0.1) is 5.92 Å². The quantitative estimate of drug-likeness (QED) is 0.657. The van der Waals surface area contributed by atoms with Crippen LogP contribution in [-0.2, 0) is 4.79 Å². The van der Waals surface area contributed by atoms with Gasteiger partial charge in [-0.15, -0.1) is 6.58 Å². The fourth-order valence-electron chi connectivity index (χ4n) is 1.62. The van der Waals surface area contributed by atoms with E-state index < -0.39 is 0 Å². The molecule has 1 aliphatic rings. The van der Waals surface area contributed by atoms with Crippen LogP contribution >= 0.6 is 0 Å². The summed E-state index contributed by atoms with van der Waals surface area (Å²) >= 11 is 0. The van der Waals surface area contributed by atoms with E-state index in [1.807, 2.05) is 4.90 Å². The second-order valence-electron chi connectivity index (χ2n) is 3.50. The van der Waals surface area contributed by atoms with Crippen LogP contribution in [0.5, 0.6) is 0 Å². The molecule has 0 bridgehead atoms. The summed E-state index contributed by atoms with van der Waals surface area (Å²) in [6, 6.07) is 0. The number of nitrogens with zero attached hydrogens (tertiary/aromatic N) is 1. The van der Waals surface area contributed by atoms with E-state index in [1.54, 1.807) is 6.08 Å². The predicted octanol–water partition coefficient (Wildman–Crippen LogP) is 0.793. The van der Waals surface area contributed by atoms with E-state index in [2.05, 4.69) is 6.58 Å². The summed E-state index contributed by atoms with van der Waals surface area (Å²) in [5, 5.41) is 8.90. The highest BCUT2D eigenvalue weighted by atomic mass is 16.3. The van der Waals surface area contributed by atoms with Crippen LogP contribution in [0.2, 0.25) is 0 Å². The maximum atomic E-state index is 11.4. The highest BCUT2D eigenvalue weighted by Crippen LogP contribution is 2.16. The number of amides is 1. The fourth-order valence-corrected chi connectivity index (χ4v) is 1.62. The monoisotopic (exact) mass is 183 g/mol. The maximum absolute atomic E-state index is 11.4. The number of likely N-dealkylation sites (tertiary alicyclic amines) is 1. The number of rotatable bonds is 3. The van der Waals surface area contributed by atoms with Crippen LogP contribution in [0.1, 0.15) is 19.3 Å². The molecule has 74 valence electrons. The zero-order chi connectivity index (χ0) is 9.68. The molecule has 1 amide bonds. The molecule has 1 N–H and O–H groups in total. The van der Waals surface area contributed by atoms with Crippen molar-refractivity contribution in [1.29, 1.82) is 0 Å². The second-order valence-corrected chi connectivity index (χ2v) is 3.50. The lowest BCUT2D eigenvalue weighted by Crippen LogP contribution is -2.38. The van der Waals surface area contributed by atoms with Gasteiger partial charge in [0.1, 0.15) is 0 Å². The summed E-state index contributed by atoms with van der Waals surface area (Å²) in [6.45, 7) is 5.37. The molecule has 1 rings (SSSR count). The Hall–Kier alpha value is -0.830. The van der Waals surface area contributed by atoms with Gasteiger partial charge in [0, 0.05) is 26.1 Å². The number of carbonyl (C=O) groups excluding carboxylic acids is 1. The van der Waals surface area contributed by atoms with Gasteiger partial charge in [-0.25, -0.2) is 0 Å². The van der Waals surface area contributed by atoms with E-state index >= 15 is 0 Å². The molecule has 0 aromatic rings. The Labute approximate surface area is 79.0 Å². The standard InChI is InChI=1S/C10H17NO2/c1-2-3-10(13)11-6-4-9(8-12)5-7-11/h2,9,12H,1,3-8H2. The molecular weight excluding hydrogens is 166 g/mol. The van der Waals surface area contributed by atoms with E-state index in [4.69, 9.17) is 5.11 Å². The molecule has 0 unspecified atom stereocenters. The molecule has 0 aliphatic carbocycles. The summed E-state index contributed by atoms with van der Waals surface area (Å²) in [5.41, 5.74) is 0. The van der Waals surface area contributed by atoms with Gasteiger partial charge in [0.25, 0.3) is 0 Å². The first-order valence-corrected chi connectivity index (χ1v) is 4.77. The minimum atomic E-state index is 0.159. The molecule has 1 fully saturated rings. The molecule has 0 aromatic heterocycles. The minimum absolute atomic E-state index is 0.159. The van der Waals surface area contributed by atoms with Gasteiger partial charge >= 0.3 is 0 Å². The zero-order valence-electron chi connectivity index (χ0n) is 7.91. The number of aliphatic hydroxyl groups excluding tert-OH is 1. The highest BCUT2D eigenvalue weighted by molar-refractivity contribution is 5.77. The molecule has 0 aromatic carbocycles. The first kappa shape index (κ1) is 10.3. The van der Waals surface area contributed by atoms with Crippen LogP contribution in [0.3, 0.4) is 0 Å². The van der Waals surface area contributed by atoms with Crippen LogP contribution in [0.25, 0.3) is 0 Å². The molecule has 3 heteroatoms. The number of carbonyl (C=O) groups is 1. The van der Waals surface area contributed by atoms with E-state index in [-0.39, 0.29) is 12.5 Å². The summed E-state index contributed by atoms with van der Waals surface area (Å²) < 4.78 is 0. The normalized spacial score (nSPS) is 18.7. The second kappa shape index (κ2) is 5.02. The molecule has 0 atom stereocenters. The topological polar surface area (TPSA) is 40.5 Å². The van der Waals surface area contributed by atoms with Crippen LogP contribution in [-0.4, -0.2) is 35.6 Å². The van der Waals surface area contributed by atoms with Gasteiger partial charge in [-0.1, -0.05) is 6.08 Å². The Morgan fingerprint density at radius 1 is 1.54 bits per heavy atom. The predicted molar refractivity (Wildman–Crippen MR) is 51.2 cm³/mol. The van der Waals surface area contributed by atoms with Crippen LogP contribution in [0.4, 0.5) is 0 Å². The SMILES string of the molecule is C=CCC(=O)N1CCC(CO)CC1. The van der Waals surface area contributed by atoms with Gasteiger partial charge in [-0.3, -0.25) is 4.79 Å². The molecule has 0 saturated carbocycles. The van der Waals surface area contributed by atoms with E-state index in [9.17, 15) is 4.79 Å². The minimum Gasteiger partial charge on any atom is -0.396 e. The van der Waals surface area contributed by atoms with Gasteiger partial charge in [0.15, 0.2) is 0 Å². The Morgan fingerprint density at radius 2 is 2.15 bits per heavy atom. The van der Waals surface area contributed by atoms with Gasteiger partial charge in [0.05, 0.1) is 0 Å². The molecule has 13 heavy (non-hydrogen) atoms. The average molecular weight is 183 g/mol. The van der Waals surface area contributed by atoms with Crippen molar-refractivity contribution in [2.45, 2.75) is 19.3 Å². The molecular formula is C10H17NO2. The smallest absolute Gasteiger partial charge is 0.226 e. The summed E-state index contributed by atoms with van der Waals surface area (Å²) in [6.07, 6.45) is 3.93. The zero-order valence-corrected chi connectivity index (χ0v) is 7.91. The number of piperidine rings is 1. The largest absolute Gasteiger partial charge is 0.396 e. The lowest BCUT2D eigenvalue weighted by molar-refractivity contribution is -0.131. The third-order valence-corrected chi connectivity index (χ3v) is 2.54. The van der Waals surface area contributed by atoms with Crippen molar-refractivity contribution >= 4 is 5.91 Å². The number of aliphatic hydroxyl groups is 1. The third kappa shape index (κ3) is 2.84. The summed E-state index contributed by atoms with van der Waals surface area (Å²) in [5.74, 6) is 0.555. The van der Waals surface area contributed by atoms with Gasteiger partial charge in [0.2, 0.25) is 5.91 Å². The first-order chi connectivity index (χ1) is 6.27. The van der Waals surface area contributed by atoms with Crippen molar-refractivity contribution in [1.82, 2.24) is 4.90 Å². The molecule has 1 aliphatic heterocycles. The van der Waals surface area contributed by atoms with E-state index in [0.717, 1.165) is 25.9 Å². The van der Waals surface area contributed by atoms with Crippen molar-refractivity contribution in [2.24, 2.45) is 5.92 Å². The Bertz CT molecular complexity index is 183. The highest BCUT2D eigenvalue weighted by Gasteiger charge is 2.20. The van der Waals surface area contributed by atoms with Crippen molar-refractivity contribution < 1.29 is 9.90 Å². The molecule has 0 spiro atoms. The van der Waals surface area contributed by atoms with Crippen molar-refractivity contribution in [3.8, 4) is 0 Å². The van der Waals surface area contributed by atoms with Crippen LogP contribution in [0.15, 0.2) is 12.7 Å². The maximum Gasteiger partial charge on any atom is 0.226 e. The molecule has 1 heterocycles. The van der Waals surface area contributed by atoms with Crippen molar-refractivity contribution in [3.05, 3.63) is 12.7 Å². The van der Waals surface area contributed by atoms with Crippen molar-refractivity contribution in [3.63, 3.8) is 0 Å². The van der Waals surface area contributed by atoms with Crippen molar-refractivity contribution in [2.75, 3.05) is 19.7 Å². The Morgan fingerprint density at radius 3 is 2.62 bits per heavy atom. The fraction of sp³-hybridized carbons (Fsp3) is 0.700. The Balaban J connectivity index is 2.31. The third-order valence-electron chi connectivity index (χ3n) is 2.54. The number of hydrogen-bond donors (Lipinski definition) is 1. The lowest BCUT2D eigenvalue weighted by atomic mass is 9.98. The first-order valence-electron chi connectivity index (χ1n) is 4.77. The summed E-state index contributed by atoms with van der Waals surface area (Å²) in [4.78, 5) is 13.2. The van der Waals surface area contributed by atoms with Gasteiger partial charge in [-0.05, 0) is 18.8 Å². The van der Waals surface area contributed by atoms with Gasteiger partial charge < -0.3 is 10.0 Å². The molecule has 0 radical (unpaired) electrons. The van der Waals surface area contributed by atoms with E-state index in [1.165, 1.54) is 0 Å². The number of hydrogen-bond acceptors (Lipinski definition) is 2. The average Bonchev–Trinajstić information content (AvgIpc) is 2.18. The summed E-state index contributed by atoms with van der Waals surface area (Å²) in [7, 11) is 0. The van der Waals surface area contributed by atoms with Crippen LogP contribution < -0.4 is 0 Å². The lowest BCUT2D eigenvalue weighted by Gasteiger charge is -2.30. The molecule has 3 nitrogen and oxygen atoms in total. The van der Waals surface area contributed by atoms with Gasteiger partial charge in [-0.2, -0.15) is 0 Å². The Kier molecular flexibility index (Phi) is 3.96. The molecule has 1 saturated heterocycles. The van der Waals surface area contributed by atoms with E-state index in [0.29, 0.717) is 12.3 Å².